The molecular weight excluding hydrogens is 621 g/mol. The van der Waals surface area contributed by atoms with Gasteiger partial charge in [-0.3, -0.25) is 13.9 Å². The number of carboxylic acid groups (broad SMARTS) is 1. The molecule has 8 nitrogen and oxygen atoms in total. The van der Waals surface area contributed by atoms with E-state index in [0.29, 0.717) is 21.3 Å². The van der Waals surface area contributed by atoms with Crippen molar-refractivity contribution in [3.63, 3.8) is 0 Å². The molecule has 1 aliphatic carbocycles. The fourth-order valence-electron chi connectivity index (χ4n) is 6.52. The minimum absolute atomic E-state index is 0.00987. The molecule has 44 heavy (non-hydrogen) atoms. The third kappa shape index (κ3) is 6.73. The molecule has 230 valence electrons. The maximum atomic E-state index is 14.7. The van der Waals surface area contributed by atoms with Crippen LogP contribution < -0.4 is 4.31 Å². The lowest BCUT2D eigenvalue weighted by atomic mass is 9.67. The SMILES string of the molecule is C[C@]1(CC(=O)O)CC(c2cccc(Cl)c2)[C@@H](c2ccc(Cl)cc2)N([C@H](CN(c2cccc(C#N)c2)S(C)(=O)=O)C2CC2)C1=O. The summed E-state index contributed by atoms with van der Waals surface area (Å²) in [6, 6.07) is 21.9. The molecule has 0 radical (unpaired) electrons. The van der Waals surface area contributed by atoms with Crippen molar-refractivity contribution in [3.05, 3.63) is 99.5 Å². The van der Waals surface area contributed by atoms with E-state index >= 15 is 0 Å². The Hall–Kier alpha value is -3.58. The number of rotatable bonds is 10. The van der Waals surface area contributed by atoms with Crippen LogP contribution in [0.15, 0.2) is 72.8 Å². The van der Waals surface area contributed by atoms with E-state index in [2.05, 4.69) is 6.07 Å². The van der Waals surface area contributed by atoms with Crippen LogP contribution >= 0.6 is 23.2 Å². The number of nitrogens with zero attached hydrogens (tertiary/aromatic N) is 3. The number of carbonyl (C=O) groups is 2. The summed E-state index contributed by atoms with van der Waals surface area (Å²) in [5, 5.41) is 20.5. The normalized spacial score (nSPS) is 22.7. The molecule has 3 aromatic carbocycles. The largest absolute Gasteiger partial charge is 0.481 e. The van der Waals surface area contributed by atoms with Gasteiger partial charge >= 0.3 is 5.97 Å². The van der Waals surface area contributed by atoms with Gasteiger partial charge in [-0.15, -0.1) is 0 Å². The first kappa shape index (κ1) is 31.8. The number of carboxylic acids is 1. The van der Waals surface area contributed by atoms with Crippen molar-refractivity contribution in [1.82, 2.24) is 4.90 Å². The van der Waals surface area contributed by atoms with Gasteiger partial charge in [0.1, 0.15) is 0 Å². The Morgan fingerprint density at radius 3 is 2.34 bits per heavy atom. The molecule has 4 atom stereocenters. The van der Waals surface area contributed by atoms with Crippen LogP contribution in [0.3, 0.4) is 0 Å². The Kier molecular flexibility index (Phi) is 8.99. The summed E-state index contributed by atoms with van der Waals surface area (Å²) in [5.41, 5.74) is 1.01. The molecule has 0 spiro atoms. The Labute approximate surface area is 267 Å². The Morgan fingerprint density at radius 2 is 1.75 bits per heavy atom. The van der Waals surface area contributed by atoms with Crippen LogP contribution in [-0.2, 0) is 19.6 Å². The lowest BCUT2D eigenvalue weighted by molar-refractivity contribution is -0.160. The summed E-state index contributed by atoms with van der Waals surface area (Å²) in [6.07, 6.45) is 2.54. The lowest BCUT2D eigenvalue weighted by Gasteiger charge is -2.52. The molecule has 0 bridgehead atoms. The molecule has 1 N–H and O–H groups in total. The van der Waals surface area contributed by atoms with Crippen molar-refractivity contribution >= 4 is 50.8 Å². The van der Waals surface area contributed by atoms with Crippen molar-refractivity contribution in [2.45, 2.75) is 50.6 Å². The molecule has 2 aliphatic rings. The van der Waals surface area contributed by atoms with Crippen LogP contribution in [0.2, 0.25) is 10.0 Å². The predicted molar refractivity (Wildman–Crippen MR) is 170 cm³/mol. The van der Waals surface area contributed by atoms with Gasteiger partial charge in [-0.1, -0.05) is 60.5 Å². The second-order valence-electron chi connectivity index (χ2n) is 12.1. The number of piperidine rings is 1. The number of benzene rings is 3. The maximum absolute atomic E-state index is 14.7. The van der Waals surface area contributed by atoms with E-state index in [1.165, 1.54) is 10.4 Å². The average Bonchev–Trinajstić information content (AvgIpc) is 3.80. The van der Waals surface area contributed by atoms with Gasteiger partial charge in [-0.2, -0.15) is 5.26 Å². The number of sulfonamides is 1. The monoisotopic (exact) mass is 653 g/mol. The summed E-state index contributed by atoms with van der Waals surface area (Å²) in [5.74, 6) is -1.80. The molecule has 2 fully saturated rings. The summed E-state index contributed by atoms with van der Waals surface area (Å²) >= 11 is 12.7. The van der Waals surface area contributed by atoms with E-state index in [1.54, 1.807) is 48.2 Å². The van der Waals surface area contributed by atoms with Crippen molar-refractivity contribution in [1.29, 1.82) is 5.26 Å². The second-order valence-corrected chi connectivity index (χ2v) is 14.8. The number of hydrogen-bond acceptors (Lipinski definition) is 5. The van der Waals surface area contributed by atoms with Gasteiger partial charge in [0, 0.05) is 16.0 Å². The lowest BCUT2D eigenvalue weighted by Crippen LogP contribution is -2.59. The number of aliphatic carboxylic acids is 1. The number of nitriles is 1. The van der Waals surface area contributed by atoms with E-state index in [-0.39, 0.29) is 37.1 Å². The fourth-order valence-corrected chi connectivity index (χ4v) is 7.77. The minimum atomic E-state index is -3.85. The van der Waals surface area contributed by atoms with Crippen LogP contribution in [0.4, 0.5) is 5.69 Å². The van der Waals surface area contributed by atoms with Crippen molar-refractivity contribution in [3.8, 4) is 6.07 Å². The molecule has 1 saturated carbocycles. The van der Waals surface area contributed by atoms with Crippen LogP contribution in [0.1, 0.15) is 61.3 Å². The van der Waals surface area contributed by atoms with Crippen molar-refractivity contribution in [2.24, 2.45) is 11.3 Å². The first-order chi connectivity index (χ1) is 20.8. The summed E-state index contributed by atoms with van der Waals surface area (Å²) in [6.45, 7) is 1.63. The van der Waals surface area contributed by atoms with E-state index < -0.39 is 33.5 Å². The van der Waals surface area contributed by atoms with Gasteiger partial charge in [0.05, 0.1) is 54.0 Å². The number of amides is 1. The Morgan fingerprint density at radius 1 is 1.07 bits per heavy atom. The highest BCUT2D eigenvalue weighted by Gasteiger charge is 2.55. The number of carbonyl (C=O) groups excluding carboxylic acids is 1. The van der Waals surface area contributed by atoms with Crippen LogP contribution in [-0.4, -0.2) is 49.1 Å². The Balaban J connectivity index is 1.71. The first-order valence-electron chi connectivity index (χ1n) is 14.3. The van der Waals surface area contributed by atoms with E-state index in [9.17, 15) is 28.4 Å². The third-order valence-corrected chi connectivity index (χ3v) is 10.3. The van der Waals surface area contributed by atoms with Crippen LogP contribution in [0.5, 0.6) is 0 Å². The van der Waals surface area contributed by atoms with Gasteiger partial charge in [-0.25, -0.2) is 8.42 Å². The first-order valence-corrected chi connectivity index (χ1v) is 16.9. The molecule has 1 aliphatic heterocycles. The molecule has 0 aromatic heterocycles. The van der Waals surface area contributed by atoms with E-state index in [1.807, 2.05) is 30.3 Å². The standard InChI is InChI=1S/C33H33Cl2N3O5S/c1-33(18-30(39)40)17-28(24-6-4-7-26(35)16-24)31(23-11-13-25(34)14-12-23)38(32(33)41)29(22-9-10-22)20-37(44(2,42)43)27-8-3-5-21(15-27)19-36/h3-8,11-16,22,28-29,31H,9-10,17-18,20H2,1-2H3,(H,39,40)/t28?,29-,31-,33-/m1/s1. The average molecular weight is 655 g/mol. The Bertz CT molecular complexity index is 1720. The maximum Gasteiger partial charge on any atom is 0.304 e. The molecule has 3 aromatic rings. The zero-order chi connectivity index (χ0) is 31.8. The summed E-state index contributed by atoms with van der Waals surface area (Å²) in [7, 11) is -3.85. The quantitative estimate of drug-likeness (QED) is 0.262. The summed E-state index contributed by atoms with van der Waals surface area (Å²) < 4.78 is 27.8. The van der Waals surface area contributed by atoms with Gasteiger partial charge in [-0.05, 0) is 78.8 Å². The van der Waals surface area contributed by atoms with Crippen LogP contribution in [0, 0.1) is 22.7 Å². The molecule has 1 heterocycles. The summed E-state index contributed by atoms with van der Waals surface area (Å²) in [4.78, 5) is 28.6. The van der Waals surface area contributed by atoms with Crippen molar-refractivity contribution < 1.29 is 23.1 Å². The zero-order valence-corrected chi connectivity index (χ0v) is 26.7. The van der Waals surface area contributed by atoms with Gasteiger partial charge in [0.2, 0.25) is 15.9 Å². The predicted octanol–water partition coefficient (Wildman–Crippen LogP) is 6.65. The number of halogens is 2. The smallest absolute Gasteiger partial charge is 0.304 e. The van der Waals surface area contributed by atoms with E-state index in [0.717, 1.165) is 30.2 Å². The minimum Gasteiger partial charge on any atom is -0.481 e. The zero-order valence-electron chi connectivity index (χ0n) is 24.4. The molecule has 1 amide bonds. The second kappa shape index (κ2) is 12.4. The number of hydrogen-bond donors (Lipinski definition) is 1. The number of likely N-dealkylation sites (tertiary alicyclic amines) is 1. The third-order valence-electron chi connectivity index (χ3n) is 8.67. The van der Waals surface area contributed by atoms with Gasteiger partial charge in [0.15, 0.2) is 0 Å². The topological polar surface area (TPSA) is 119 Å². The molecule has 5 rings (SSSR count). The highest BCUT2D eigenvalue weighted by atomic mass is 35.5. The fraction of sp³-hybridized carbons (Fsp3) is 0.364. The molecular formula is C33H33Cl2N3O5S. The van der Waals surface area contributed by atoms with Gasteiger partial charge in [0.25, 0.3) is 0 Å². The van der Waals surface area contributed by atoms with E-state index in [4.69, 9.17) is 23.2 Å². The van der Waals surface area contributed by atoms with Gasteiger partial charge < -0.3 is 10.0 Å². The highest BCUT2D eigenvalue weighted by molar-refractivity contribution is 7.92. The number of anilines is 1. The highest BCUT2D eigenvalue weighted by Crippen LogP contribution is 2.54. The molecule has 1 unspecified atom stereocenters. The van der Waals surface area contributed by atoms with Crippen molar-refractivity contribution in [2.75, 3.05) is 17.1 Å². The molecule has 11 heteroatoms. The van der Waals surface area contributed by atoms with Crippen LogP contribution in [0.25, 0.3) is 0 Å². The molecule has 1 saturated heterocycles.